The molecule has 7 heteroatoms. The highest BCUT2D eigenvalue weighted by Gasteiger charge is 2.23. The molecule has 2 fully saturated rings. The van der Waals surface area contributed by atoms with Gasteiger partial charge in [0.1, 0.15) is 0 Å². The van der Waals surface area contributed by atoms with Crippen LogP contribution in [0.4, 0.5) is 5.69 Å². The largest absolute Gasteiger partial charge is 0.369 e. The summed E-state index contributed by atoms with van der Waals surface area (Å²) >= 11 is 0. The summed E-state index contributed by atoms with van der Waals surface area (Å²) in [6, 6.07) is 8.18. The van der Waals surface area contributed by atoms with Crippen LogP contribution in [0.25, 0.3) is 10.9 Å². The first-order valence-electron chi connectivity index (χ1n) is 10.1. The number of fused-ring (bicyclic) bond motifs is 1. The van der Waals surface area contributed by atoms with Gasteiger partial charge in [0, 0.05) is 50.6 Å². The maximum absolute atomic E-state index is 12.7. The molecule has 1 saturated heterocycles. The second-order valence-electron chi connectivity index (χ2n) is 8.15. The molecule has 2 aromatic heterocycles. The lowest BCUT2D eigenvalue weighted by Gasteiger charge is -2.35. The highest BCUT2D eigenvalue weighted by Crippen LogP contribution is 2.30. The van der Waals surface area contributed by atoms with Crippen molar-refractivity contribution in [1.82, 2.24) is 24.6 Å². The predicted molar refractivity (Wildman–Crippen MR) is 110 cm³/mol. The molecular formula is C21H26N6O. The van der Waals surface area contributed by atoms with Gasteiger partial charge in [0.15, 0.2) is 0 Å². The van der Waals surface area contributed by atoms with E-state index in [1.54, 1.807) is 10.9 Å². The first-order valence-corrected chi connectivity index (χ1v) is 10.1. The number of aryl methyl sites for hydroxylation is 1. The van der Waals surface area contributed by atoms with E-state index in [0.29, 0.717) is 5.92 Å². The topological polar surface area (TPSA) is 70.1 Å². The summed E-state index contributed by atoms with van der Waals surface area (Å²) in [4.78, 5) is 22.1. The van der Waals surface area contributed by atoms with Crippen LogP contribution in [0, 0.1) is 12.8 Å². The quantitative estimate of drug-likeness (QED) is 0.737. The molecule has 1 aliphatic heterocycles. The van der Waals surface area contributed by atoms with Gasteiger partial charge in [0.05, 0.1) is 22.9 Å². The SMILES string of the molecule is Cc1cc(CN2CCN(c3ccc4c(=O)n(CC5CC5)cnc4c3)CC2)n[nH]1. The molecule has 0 unspecified atom stereocenters. The van der Waals surface area contributed by atoms with Crippen molar-refractivity contribution in [1.29, 1.82) is 0 Å². The maximum atomic E-state index is 12.7. The van der Waals surface area contributed by atoms with Crippen LogP contribution in [-0.2, 0) is 13.1 Å². The normalized spacial score (nSPS) is 18.1. The van der Waals surface area contributed by atoms with Gasteiger partial charge < -0.3 is 4.90 Å². The molecule has 5 rings (SSSR count). The minimum atomic E-state index is 0.0857. The van der Waals surface area contributed by atoms with Crippen molar-refractivity contribution in [2.75, 3.05) is 31.1 Å². The summed E-state index contributed by atoms with van der Waals surface area (Å²) in [6.07, 6.45) is 4.18. The van der Waals surface area contributed by atoms with E-state index >= 15 is 0 Å². The average molecular weight is 378 g/mol. The van der Waals surface area contributed by atoms with Crippen LogP contribution in [-0.4, -0.2) is 50.8 Å². The Balaban J connectivity index is 1.28. The van der Waals surface area contributed by atoms with E-state index in [4.69, 9.17) is 0 Å². The van der Waals surface area contributed by atoms with Crippen LogP contribution in [0.1, 0.15) is 24.2 Å². The summed E-state index contributed by atoms with van der Waals surface area (Å²) in [5.41, 5.74) is 4.23. The molecule has 3 heterocycles. The zero-order valence-electron chi connectivity index (χ0n) is 16.3. The molecule has 28 heavy (non-hydrogen) atoms. The number of H-pyrrole nitrogens is 1. The number of piperazine rings is 1. The van der Waals surface area contributed by atoms with Crippen molar-refractivity contribution in [2.24, 2.45) is 5.92 Å². The number of nitrogens with one attached hydrogen (secondary N) is 1. The van der Waals surface area contributed by atoms with E-state index in [2.05, 4.69) is 43.2 Å². The minimum Gasteiger partial charge on any atom is -0.369 e. The maximum Gasteiger partial charge on any atom is 0.261 e. The van der Waals surface area contributed by atoms with Crippen molar-refractivity contribution >= 4 is 16.6 Å². The lowest BCUT2D eigenvalue weighted by molar-refractivity contribution is 0.247. The monoisotopic (exact) mass is 378 g/mol. The Labute approximate surface area is 164 Å². The van der Waals surface area contributed by atoms with Crippen molar-refractivity contribution in [3.8, 4) is 0 Å². The van der Waals surface area contributed by atoms with E-state index in [-0.39, 0.29) is 5.56 Å². The van der Waals surface area contributed by atoms with Gasteiger partial charge >= 0.3 is 0 Å². The Kier molecular flexibility index (Phi) is 4.39. The molecule has 0 bridgehead atoms. The second-order valence-corrected chi connectivity index (χ2v) is 8.15. The van der Waals surface area contributed by atoms with E-state index in [1.165, 1.54) is 12.8 Å². The average Bonchev–Trinajstić information content (AvgIpc) is 3.44. The van der Waals surface area contributed by atoms with Crippen molar-refractivity contribution in [3.05, 3.63) is 52.3 Å². The van der Waals surface area contributed by atoms with Gasteiger partial charge in [-0.15, -0.1) is 0 Å². The van der Waals surface area contributed by atoms with Gasteiger partial charge in [-0.2, -0.15) is 5.10 Å². The van der Waals surface area contributed by atoms with E-state index in [0.717, 1.165) is 67.2 Å². The molecule has 0 amide bonds. The molecule has 1 aliphatic carbocycles. The number of anilines is 1. The van der Waals surface area contributed by atoms with Crippen LogP contribution < -0.4 is 10.5 Å². The summed E-state index contributed by atoms with van der Waals surface area (Å²) in [7, 11) is 0. The zero-order chi connectivity index (χ0) is 19.1. The molecular weight excluding hydrogens is 352 g/mol. The van der Waals surface area contributed by atoms with E-state index in [9.17, 15) is 4.79 Å². The fraction of sp³-hybridized carbons (Fsp3) is 0.476. The van der Waals surface area contributed by atoms with Gasteiger partial charge in [0.25, 0.3) is 5.56 Å². The lowest BCUT2D eigenvalue weighted by Crippen LogP contribution is -2.46. The molecule has 3 aromatic rings. The Morgan fingerprint density at radius 1 is 1.14 bits per heavy atom. The molecule has 1 aromatic carbocycles. The third-order valence-corrected chi connectivity index (χ3v) is 5.84. The Hall–Kier alpha value is -2.67. The summed E-state index contributed by atoms with van der Waals surface area (Å²) in [6.45, 7) is 7.66. The fourth-order valence-electron chi connectivity index (χ4n) is 4.00. The smallest absolute Gasteiger partial charge is 0.261 e. The van der Waals surface area contributed by atoms with Crippen LogP contribution >= 0.6 is 0 Å². The molecule has 7 nitrogen and oxygen atoms in total. The minimum absolute atomic E-state index is 0.0857. The Bertz CT molecular complexity index is 1040. The molecule has 0 spiro atoms. The summed E-state index contributed by atoms with van der Waals surface area (Å²) in [5, 5.41) is 8.07. The van der Waals surface area contributed by atoms with Gasteiger partial charge in [-0.05, 0) is 49.9 Å². The summed E-state index contributed by atoms with van der Waals surface area (Å²) < 4.78 is 1.77. The molecule has 2 aliphatic rings. The molecule has 0 radical (unpaired) electrons. The number of aromatic nitrogens is 4. The van der Waals surface area contributed by atoms with Crippen molar-refractivity contribution < 1.29 is 0 Å². The standard InChI is InChI=1S/C21H26N6O/c1-15-10-17(24-23-15)13-25-6-8-26(9-7-25)18-4-5-19-20(11-18)22-14-27(21(19)28)12-16-2-3-16/h4-5,10-11,14,16H,2-3,6-9,12-13H2,1H3,(H,23,24). The molecule has 1 N–H and O–H groups in total. The van der Waals surface area contributed by atoms with Gasteiger partial charge in [0.2, 0.25) is 0 Å². The van der Waals surface area contributed by atoms with E-state index in [1.807, 2.05) is 13.0 Å². The number of benzene rings is 1. The van der Waals surface area contributed by atoms with Crippen LogP contribution in [0.15, 0.2) is 35.4 Å². The predicted octanol–water partition coefficient (Wildman–Crippen LogP) is 2.16. The Morgan fingerprint density at radius 2 is 1.96 bits per heavy atom. The summed E-state index contributed by atoms with van der Waals surface area (Å²) in [5.74, 6) is 0.665. The van der Waals surface area contributed by atoms with Crippen LogP contribution in [0.3, 0.4) is 0 Å². The van der Waals surface area contributed by atoms with Gasteiger partial charge in [-0.25, -0.2) is 4.98 Å². The lowest BCUT2D eigenvalue weighted by atomic mass is 10.2. The number of aromatic amines is 1. The zero-order valence-corrected chi connectivity index (χ0v) is 16.3. The molecule has 146 valence electrons. The third kappa shape index (κ3) is 3.54. The van der Waals surface area contributed by atoms with Crippen molar-refractivity contribution in [2.45, 2.75) is 32.9 Å². The van der Waals surface area contributed by atoms with Crippen LogP contribution in [0.2, 0.25) is 0 Å². The van der Waals surface area contributed by atoms with E-state index < -0.39 is 0 Å². The second kappa shape index (κ2) is 7.05. The first kappa shape index (κ1) is 17.4. The van der Waals surface area contributed by atoms with Crippen molar-refractivity contribution in [3.63, 3.8) is 0 Å². The number of hydrogen-bond acceptors (Lipinski definition) is 5. The number of hydrogen-bond donors (Lipinski definition) is 1. The highest BCUT2D eigenvalue weighted by molar-refractivity contribution is 5.81. The molecule has 1 saturated carbocycles. The first-order chi connectivity index (χ1) is 13.7. The van der Waals surface area contributed by atoms with Crippen LogP contribution in [0.5, 0.6) is 0 Å². The number of rotatable bonds is 5. The highest BCUT2D eigenvalue weighted by atomic mass is 16.1. The third-order valence-electron chi connectivity index (χ3n) is 5.84. The Morgan fingerprint density at radius 3 is 2.68 bits per heavy atom. The molecule has 0 atom stereocenters. The van der Waals surface area contributed by atoms with Gasteiger partial charge in [-0.1, -0.05) is 0 Å². The van der Waals surface area contributed by atoms with Gasteiger partial charge in [-0.3, -0.25) is 19.4 Å². The number of nitrogens with zero attached hydrogens (tertiary/aromatic N) is 5. The fourth-order valence-corrected chi connectivity index (χ4v) is 4.00.